The molecule has 0 atom stereocenters. The molecule has 1 aromatic rings. The second-order valence-electron chi connectivity index (χ2n) is 5.33. The smallest absolute Gasteiger partial charge is 0.251 e. The van der Waals surface area contributed by atoms with E-state index < -0.39 is 0 Å². The summed E-state index contributed by atoms with van der Waals surface area (Å²) in [7, 11) is 4.05. The van der Waals surface area contributed by atoms with Crippen molar-refractivity contribution in [1.82, 2.24) is 10.2 Å². The lowest BCUT2D eigenvalue weighted by molar-refractivity contribution is 0.0953. The Labute approximate surface area is 121 Å². The Bertz CT molecular complexity index is 388. The first-order valence-electron chi connectivity index (χ1n) is 7.26. The Balaban J connectivity index is 2.29. The largest absolute Gasteiger partial charge is 0.396 e. The second kappa shape index (κ2) is 9.50. The van der Waals surface area contributed by atoms with E-state index in [-0.39, 0.29) is 12.5 Å². The van der Waals surface area contributed by atoms with Crippen molar-refractivity contribution in [1.29, 1.82) is 0 Å². The monoisotopic (exact) mass is 278 g/mol. The fourth-order valence-corrected chi connectivity index (χ4v) is 2.02. The summed E-state index contributed by atoms with van der Waals surface area (Å²) in [6.45, 7) is 1.84. The van der Waals surface area contributed by atoms with Gasteiger partial charge < -0.3 is 15.3 Å². The van der Waals surface area contributed by atoms with Gasteiger partial charge in [0.25, 0.3) is 5.91 Å². The van der Waals surface area contributed by atoms with Gasteiger partial charge in [-0.25, -0.2) is 0 Å². The fourth-order valence-electron chi connectivity index (χ4n) is 2.02. The summed E-state index contributed by atoms with van der Waals surface area (Å²) in [5.74, 6) is -0.0106. The van der Waals surface area contributed by atoms with E-state index >= 15 is 0 Å². The maximum absolute atomic E-state index is 11.9. The van der Waals surface area contributed by atoms with Crippen molar-refractivity contribution in [3.05, 3.63) is 35.4 Å². The van der Waals surface area contributed by atoms with Crippen molar-refractivity contribution in [3.8, 4) is 0 Å². The van der Waals surface area contributed by atoms with Crippen molar-refractivity contribution in [2.45, 2.75) is 32.2 Å². The minimum absolute atomic E-state index is 0.0106. The predicted molar refractivity (Wildman–Crippen MR) is 81.7 cm³/mol. The van der Waals surface area contributed by atoms with E-state index in [0.29, 0.717) is 12.1 Å². The van der Waals surface area contributed by atoms with Gasteiger partial charge in [0, 0.05) is 25.3 Å². The van der Waals surface area contributed by atoms with Gasteiger partial charge in [0.1, 0.15) is 0 Å². The minimum atomic E-state index is -0.0106. The molecule has 0 aliphatic carbocycles. The number of benzene rings is 1. The highest BCUT2D eigenvalue weighted by Gasteiger charge is 2.04. The number of nitrogens with zero attached hydrogens (tertiary/aromatic N) is 1. The van der Waals surface area contributed by atoms with Crippen LogP contribution in [0.25, 0.3) is 0 Å². The van der Waals surface area contributed by atoms with Gasteiger partial charge in [-0.05, 0) is 44.6 Å². The summed E-state index contributed by atoms with van der Waals surface area (Å²) in [6, 6.07) is 7.74. The number of aliphatic hydroxyl groups excluding tert-OH is 1. The summed E-state index contributed by atoms with van der Waals surface area (Å²) in [5, 5.41) is 11.6. The second-order valence-corrected chi connectivity index (χ2v) is 5.33. The average Bonchev–Trinajstić information content (AvgIpc) is 2.42. The van der Waals surface area contributed by atoms with Crippen LogP contribution >= 0.6 is 0 Å². The normalized spacial score (nSPS) is 10.8. The van der Waals surface area contributed by atoms with Crippen LogP contribution in [0.3, 0.4) is 0 Å². The van der Waals surface area contributed by atoms with Crippen LogP contribution in [0.2, 0.25) is 0 Å². The third kappa shape index (κ3) is 6.68. The van der Waals surface area contributed by atoms with Crippen LogP contribution in [-0.4, -0.2) is 43.2 Å². The molecule has 1 rings (SSSR count). The van der Waals surface area contributed by atoms with Crippen molar-refractivity contribution in [2.24, 2.45) is 0 Å². The number of hydrogen-bond donors (Lipinski definition) is 2. The number of carbonyl (C=O) groups excluding carboxylic acids is 1. The van der Waals surface area contributed by atoms with Crippen molar-refractivity contribution >= 4 is 5.91 Å². The molecule has 2 N–H and O–H groups in total. The van der Waals surface area contributed by atoms with Gasteiger partial charge in [-0.1, -0.05) is 25.0 Å². The van der Waals surface area contributed by atoms with Crippen LogP contribution in [0, 0.1) is 0 Å². The topological polar surface area (TPSA) is 52.6 Å². The van der Waals surface area contributed by atoms with Crippen LogP contribution < -0.4 is 5.32 Å². The van der Waals surface area contributed by atoms with E-state index in [1.807, 2.05) is 38.4 Å². The van der Waals surface area contributed by atoms with E-state index in [0.717, 1.165) is 32.2 Å². The highest BCUT2D eigenvalue weighted by atomic mass is 16.2. The van der Waals surface area contributed by atoms with Crippen LogP contribution in [0.4, 0.5) is 0 Å². The summed E-state index contributed by atoms with van der Waals surface area (Å²) in [6.07, 6.45) is 3.87. The zero-order valence-corrected chi connectivity index (χ0v) is 12.6. The molecule has 20 heavy (non-hydrogen) atoms. The molecular weight excluding hydrogens is 252 g/mol. The van der Waals surface area contributed by atoms with E-state index in [1.165, 1.54) is 5.56 Å². The van der Waals surface area contributed by atoms with Crippen molar-refractivity contribution < 1.29 is 9.90 Å². The maximum atomic E-state index is 11.9. The molecule has 0 bridgehead atoms. The minimum Gasteiger partial charge on any atom is -0.396 e. The summed E-state index contributed by atoms with van der Waals surface area (Å²) >= 11 is 0. The van der Waals surface area contributed by atoms with Gasteiger partial charge in [0.2, 0.25) is 0 Å². The molecule has 0 aromatic heterocycles. The first-order chi connectivity index (χ1) is 9.63. The summed E-state index contributed by atoms with van der Waals surface area (Å²) < 4.78 is 0. The number of rotatable bonds is 9. The zero-order chi connectivity index (χ0) is 14.8. The summed E-state index contributed by atoms with van der Waals surface area (Å²) in [5.41, 5.74) is 1.92. The summed E-state index contributed by atoms with van der Waals surface area (Å²) in [4.78, 5) is 14.0. The molecule has 112 valence electrons. The third-order valence-corrected chi connectivity index (χ3v) is 3.09. The maximum Gasteiger partial charge on any atom is 0.251 e. The number of aliphatic hydroxyl groups is 1. The first-order valence-corrected chi connectivity index (χ1v) is 7.26. The quantitative estimate of drug-likeness (QED) is 0.680. The SMILES string of the molecule is CN(C)Cc1ccc(C(=O)NCCCCCCO)cc1. The predicted octanol–water partition coefficient (Wildman–Crippen LogP) is 2.03. The lowest BCUT2D eigenvalue weighted by Crippen LogP contribution is -2.24. The molecule has 0 unspecified atom stereocenters. The molecule has 0 radical (unpaired) electrons. The Morgan fingerprint density at radius 1 is 1.10 bits per heavy atom. The Morgan fingerprint density at radius 3 is 2.35 bits per heavy atom. The van der Waals surface area contributed by atoms with Crippen molar-refractivity contribution in [3.63, 3.8) is 0 Å². The molecule has 0 aliphatic rings. The molecule has 0 aliphatic heterocycles. The molecule has 4 heteroatoms. The fraction of sp³-hybridized carbons (Fsp3) is 0.562. The van der Waals surface area contributed by atoms with Crippen LogP contribution in [0.1, 0.15) is 41.6 Å². The molecule has 4 nitrogen and oxygen atoms in total. The van der Waals surface area contributed by atoms with Gasteiger partial charge in [-0.3, -0.25) is 4.79 Å². The van der Waals surface area contributed by atoms with Gasteiger partial charge >= 0.3 is 0 Å². The lowest BCUT2D eigenvalue weighted by atomic mass is 10.1. The molecule has 1 amide bonds. The number of nitrogens with one attached hydrogen (secondary N) is 1. The van der Waals surface area contributed by atoms with Crippen LogP contribution in [-0.2, 0) is 6.54 Å². The molecule has 0 heterocycles. The van der Waals surface area contributed by atoms with E-state index in [2.05, 4.69) is 10.2 Å². The number of hydrogen-bond acceptors (Lipinski definition) is 3. The Hall–Kier alpha value is -1.39. The molecule has 0 spiro atoms. The Kier molecular flexibility index (Phi) is 7.92. The molecule has 0 saturated heterocycles. The van der Waals surface area contributed by atoms with Gasteiger partial charge in [0.05, 0.1) is 0 Å². The molecular formula is C16H26N2O2. The number of unbranched alkanes of at least 4 members (excludes halogenated alkanes) is 3. The number of amides is 1. The zero-order valence-electron chi connectivity index (χ0n) is 12.6. The Morgan fingerprint density at radius 2 is 1.75 bits per heavy atom. The number of carbonyl (C=O) groups is 1. The first kappa shape index (κ1) is 16.7. The van der Waals surface area contributed by atoms with Crippen molar-refractivity contribution in [2.75, 3.05) is 27.2 Å². The van der Waals surface area contributed by atoms with Gasteiger partial charge in [-0.2, -0.15) is 0 Å². The highest BCUT2D eigenvalue weighted by molar-refractivity contribution is 5.94. The van der Waals surface area contributed by atoms with Gasteiger partial charge in [0.15, 0.2) is 0 Å². The molecule has 0 fully saturated rings. The lowest BCUT2D eigenvalue weighted by Gasteiger charge is -2.10. The molecule has 0 saturated carbocycles. The van der Waals surface area contributed by atoms with Crippen LogP contribution in [0.5, 0.6) is 0 Å². The van der Waals surface area contributed by atoms with E-state index in [1.54, 1.807) is 0 Å². The van der Waals surface area contributed by atoms with E-state index in [4.69, 9.17) is 5.11 Å². The standard InChI is InChI=1S/C16H26N2O2/c1-18(2)13-14-7-9-15(10-8-14)16(20)17-11-5-3-4-6-12-19/h7-10,19H,3-6,11-13H2,1-2H3,(H,17,20). The van der Waals surface area contributed by atoms with E-state index in [9.17, 15) is 4.79 Å². The third-order valence-electron chi connectivity index (χ3n) is 3.09. The average molecular weight is 278 g/mol. The van der Waals surface area contributed by atoms with Gasteiger partial charge in [-0.15, -0.1) is 0 Å². The van der Waals surface area contributed by atoms with Crippen LogP contribution in [0.15, 0.2) is 24.3 Å². The highest BCUT2D eigenvalue weighted by Crippen LogP contribution is 2.06. The molecule has 1 aromatic carbocycles.